The Morgan fingerprint density at radius 1 is 0.861 bits per heavy atom. The van der Waals surface area contributed by atoms with Gasteiger partial charge in [-0.1, -0.05) is 46.4 Å². The predicted octanol–water partition coefficient (Wildman–Crippen LogP) is 5.69. The molecule has 1 amide bonds. The van der Waals surface area contributed by atoms with Crippen LogP contribution in [0, 0.1) is 0 Å². The summed E-state index contributed by atoms with van der Waals surface area (Å²) in [6, 6.07) is 14.6. The zero-order chi connectivity index (χ0) is 26.5. The van der Waals surface area contributed by atoms with Gasteiger partial charge in [0.25, 0.3) is 15.9 Å². The third kappa shape index (κ3) is 7.18. The van der Waals surface area contributed by atoms with Crippen LogP contribution in [0.1, 0.15) is 0 Å². The number of ether oxygens (including phenoxy) is 2. The van der Waals surface area contributed by atoms with Crippen molar-refractivity contribution >= 4 is 79.7 Å². The average molecular weight is 592 g/mol. The first-order valence-corrected chi connectivity index (χ1v) is 13.0. The van der Waals surface area contributed by atoms with Crippen LogP contribution < -0.4 is 14.4 Å². The highest BCUT2D eigenvalue weighted by atomic mass is 35.5. The molecule has 0 fully saturated rings. The highest BCUT2D eigenvalue weighted by molar-refractivity contribution is 7.92. The van der Waals surface area contributed by atoms with Crippen molar-refractivity contribution in [2.45, 2.75) is 4.90 Å². The smallest absolute Gasteiger partial charge is 0.344 e. The summed E-state index contributed by atoms with van der Waals surface area (Å²) in [4.78, 5) is 24.1. The Kier molecular flexibility index (Phi) is 9.32. The number of halogens is 4. The van der Waals surface area contributed by atoms with Gasteiger partial charge in [-0.25, -0.2) is 13.2 Å². The second-order valence-corrected chi connectivity index (χ2v) is 10.8. The molecule has 0 aliphatic heterocycles. The van der Waals surface area contributed by atoms with Gasteiger partial charge in [0.1, 0.15) is 5.75 Å². The minimum Gasteiger partial charge on any atom is -0.482 e. The van der Waals surface area contributed by atoms with Gasteiger partial charge in [0.05, 0.1) is 26.3 Å². The van der Waals surface area contributed by atoms with Gasteiger partial charge >= 0.3 is 5.97 Å². The van der Waals surface area contributed by atoms with E-state index in [4.69, 9.17) is 55.9 Å². The van der Waals surface area contributed by atoms with Crippen LogP contribution in [0.5, 0.6) is 5.75 Å². The highest BCUT2D eigenvalue weighted by Gasteiger charge is 2.21. The van der Waals surface area contributed by atoms with Crippen molar-refractivity contribution in [3.05, 3.63) is 80.8 Å². The van der Waals surface area contributed by atoms with Crippen molar-refractivity contribution in [3.8, 4) is 5.75 Å². The summed E-state index contributed by atoms with van der Waals surface area (Å²) >= 11 is 23.6. The quantitative estimate of drug-likeness (QED) is 0.321. The Balaban J connectivity index is 1.50. The molecule has 1 N–H and O–H groups in total. The molecule has 0 aromatic heterocycles. The molecule has 0 saturated heterocycles. The van der Waals surface area contributed by atoms with Gasteiger partial charge < -0.3 is 14.8 Å². The van der Waals surface area contributed by atoms with E-state index in [2.05, 4.69) is 5.32 Å². The molecule has 0 aliphatic rings. The molecule has 0 radical (unpaired) electrons. The number of hydrogen-bond acceptors (Lipinski definition) is 6. The molecule has 3 aromatic rings. The summed E-state index contributed by atoms with van der Waals surface area (Å²) in [6.45, 7) is -1.07. The second kappa shape index (κ2) is 12.0. The van der Waals surface area contributed by atoms with Gasteiger partial charge in [-0.05, 0) is 60.7 Å². The first-order valence-electron chi connectivity index (χ1n) is 10.0. The fourth-order valence-corrected chi connectivity index (χ4v) is 5.06. The standard InChI is InChI=1S/C23H18Cl4N2O6S/c1-29(36(32,33)18-8-2-14(24)3-9-18)16-4-6-17(7-5-16)34-13-22(31)35-12-21(30)28-23-19(26)10-15(25)11-20(23)27/h2-11H,12-13H2,1H3,(H,28,30). The Hall–Kier alpha value is -2.69. The van der Waals surface area contributed by atoms with Crippen LogP contribution in [0.2, 0.25) is 20.1 Å². The lowest BCUT2D eigenvalue weighted by Crippen LogP contribution is -2.26. The van der Waals surface area contributed by atoms with Crippen molar-refractivity contribution in [2.75, 3.05) is 29.9 Å². The molecule has 0 unspecified atom stereocenters. The van der Waals surface area contributed by atoms with Gasteiger partial charge in [-0.3, -0.25) is 9.10 Å². The number of carbonyl (C=O) groups is 2. The van der Waals surface area contributed by atoms with Crippen LogP contribution in [0.25, 0.3) is 0 Å². The maximum Gasteiger partial charge on any atom is 0.344 e. The normalized spacial score (nSPS) is 11.0. The maximum absolute atomic E-state index is 12.8. The van der Waals surface area contributed by atoms with Gasteiger partial charge in [0, 0.05) is 17.1 Å². The van der Waals surface area contributed by atoms with E-state index < -0.39 is 35.1 Å². The number of anilines is 2. The molecule has 3 aromatic carbocycles. The molecule has 0 bridgehead atoms. The molecule has 8 nitrogen and oxygen atoms in total. The Morgan fingerprint density at radius 2 is 1.44 bits per heavy atom. The molecular weight excluding hydrogens is 574 g/mol. The predicted molar refractivity (Wildman–Crippen MR) is 140 cm³/mol. The van der Waals surface area contributed by atoms with E-state index in [0.717, 1.165) is 4.31 Å². The third-order valence-corrected chi connectivity index (χ3v) is 7.53. The third-order valence-electron chi connectivity index (χ3n) is 4.66. The van der Waals surface area contributed by atoms with Gasteiger partial charge in [-0.15, -0.1) is 0 Å². The van der Waals surface area contributed by atoms with E-state index in [1.54, 1.807) is 0 Å². The number of nitrogens with zero attached hydrogens (tertiary/aromatic N) is 1. The largest absolute Gasteiger partial charge is 0.482 e. The summed E-state index contributed by atoms with van der Waals surface area (Å²) in [5.41, 5.74) is 0.513. The van der Waals surface area contributed by atoms with E-state index in [1.165, 1.54) is 67.7 Å². The monoisotopic (exact) mass is 590 g/mol. The molecule has 0 heterocycles. The summed E-state index contributed by atoms with van der Waals surface area (Å²) < 4.78 is 36.9. The Morgan fingerprint density at radius 3 is 2.03 bits per heavy atom. The molecule has 13 heteroatoms. The zero-order valence-corrected chi connectivity index (χ0v) is 22.3. The minimum atomic E-state index is -3.79. The molecule has 3 rings (SSSR count). The van der Waals surface area contributed by atoms with E-state index in [0.29, 0.717) is 15.7 Å². The van der Waals surface area contributed by atoms with Crippen LogP contribution in [-0.4, -0.2) is 40.6 Å². The summed E-state index contributed by atoms with van der Waals surface area (Å²) in [6.07, 6.45) is 0. The van der Waals surface area contributed by atoms with Gasteiger partial charge in [0.2, 0.25) is 0 Å². The zero-order valence-electron chi connectivity index (χ0n) is 18.5. The van der Waals surface area contributed by atoms with Crippen LogP contribution in [0.4, 0.5) is 11.4 Å². The summed E-state index contributed by atoms with van der Waals surface area (Å²) in [5.74, 6) is -1.18. The van der Waals surface area contributed by atoms with Crippen molar-refractivity contribution in [1.29, 1.82) is 0 Å². The number of carbonyl (C=O) groups excluding carboxylic acids is 2. The fourth-order valence-electron chi connectivity index (χ4n) is 2.82. The molecule has 0 spiro atoms. The lowest BCUT2D eigenvalue weighted by atomic mass is 10.3. The van der Waals surface area contributed by atoms with E-state index >= 15 is 0 Å². The molecular formula is C23H18Cl4N2O6S. The molecule has 0 atom stereocenters. The number of benzene rings is 3. The fraction of sp³-hybridized carbons (Fsp3) is 0.130. The van der Waals surface area contributed by atoms with Crippen LogP contribution in [0.3, 0.4) is 0 Å². The first-order chi connectivity index (χ1) is 17.0. The topological polar surface area (TPSA) is 102 Å². The number of sulfonamides is 1. The molecule has 190 valence electrons. The highest BCUT2D eigenvalue weighted by Crippen LogP contribution is 2.33. The molecule has 36 heavy (non-hydrogen) atoms. The van der Waals surface area contributed by atoms with E-state index in [-0.39, 0.29) is 26.4 Å². The average Bonchev–Trinajstić information content (AvgIpc) is 2.83. The number of amides is 1. The van der Waals surface area contributed by atoms with Crippen molar-refractivity contribution in [1.82, 2.24) is 0 Å². The van der Waals surface area contributed by atoms with E-state index in [9.17, 15) is 18.0 Å². The lowest BCUT2D eigenvalue weighted by Gasteiger charge is -2.20. The molecule has 0 aliphatic carbocycles. The second-order valence-electron chi connectivity index (χ2n) is 7.16. The summed E-state index contributed by atoms with van der Waals surface area (Å²) in [5, 5.41) is 3.42. The van der Waals surface area contributed by atoms with Gasteiger partial charge in [-0.2, -0.15) is 0 Å². The maximum atomic E-state index is 12.8. The number of nitrogens with one attached hydrogen (secondary N) is 1. The first kappa shape index (κ1) is 27.9. The van der Waals surface area contributed by atoms with Crippen molar-refractivity contribution in [3.63, 3.8) is 0 Å². The van der Waals surface area contributed by atoms with Crippen molar-refractivity contribution < 1.29 is 27.5 Å². The van der Waals surface area contributed by atoms with Crippen LogP contribution in [-0.2, 0) is 24.3 Å². The van der Waals surface area contributed by atoms with Crippen LogP contribution >= 0.6 is 46.4 Å². The number of hydrogen-bond donors (Lipinski definition) is 1. The SMILES string of the molecule is CN(c1ccc(OCC(=O)OCC(=O)Nc2c(Cl)cc(Cl)cc2Cl)cc1)S(=O)(=O)c1ccc(Cl)cc1. The van der Waals surface area contributed by atoms with Crippen LogP contribution in [0.15, 0.2) is 65.6 Å². The Labute approximate surface area is 227 Å². The van der Waals surface area contributed by atoms with Crippen molar-refractivity contribution in [2.24, 2.45) is 0 Å². The summed E-state index contributed by atoms with van der Waals surface area (Å²) in [7, 11) is -2.39. The Bertz CT molecular complexity index is 1340. The molecule has 0 saturated carbocycles. The lowest BCUT2D eigenvalue weighted by molar-refractivity contribution is -0.149. The van der Waals surface area contributed by atoms with E-state index in [1.807, 2.05) is 0 Å². The minimum absolute atomic E-state index is 0.0853. The van der Waals surface area contributed by atoms with Gasteiger partial charge in [0.15, 0.2) is 13.2 Å². The number of rotatable bonds is 9. The number of esters is 1.